The lowest BCUT2D eigenvalue weighted by Crippen LogP contribution is -2.28. The Labute approximate surface area is 115 Å². The molecule has 19 heavy (non-hydrogen) atoms. The first kappa shape index (κ1) is 15.5. The van der Waals surface area contributed by atoms with E-state index in [1.165, 1.54) is 4.90 Å². The Morgan fingerprint density at radius 2 is 2.00 bits per heavy atom. The first-order valence-corrected chi connectivity index (χ1v) is 6.75. The van der Waals surface area contributed by atoms with Gasteiger partial charge in [0.05, 0.1) is 0 Å². The quantitative estimate of drug-likeness (QED) is 0.821. The van der Waals surface area contributed by atoms with Gasteiger partial charge in [-0.15, -0.1) is 0 Å². The number of carbonyl (C=O) groups excluding carboxylic acids is 1. The minimum absolute atomic E-state index is 0.0358. The molecule has 1 rings (SSSR count). The van der Waals surface area contributed by atoms with Gasteiger partial charge in [0, 0.05) is 25.7 Å². The summed E-state index contributed by atoms with van der Waals surface area (Å²) in [6.07, 6.45) is 0.982. The average Bonchev–Trinajstić information content (AvgIpc) is 2.42. The van der Waals surface area contributed by atoms with Crippen LogP contribution in [0.15, 0.2) is 24.3 Å². The van der Waals surface area contributed by atoms with Crippen LogP contribution in [0.5, 0.6) is 5.75 Å². The molecule has 0 aliphatic carbocycles. The highest BCUT2D eigenvalue weighted by atomic mass is 16.5. The highest BCUT2D eigenvalue weighted by Gasteiger charge is 2.14. The van der Waals surface area contributed by atoms with Gasteiger partial charge in [-0.1, -0.05) is 32.0 Å². The van der Waals surface area contributed by atoms with E-state index in [1.54, 1.807) is 14.1 Å². The van der Waals surface area contributed by atoms with Crippen LogP contribution in [-0.2, 0) is 4.79 Å². The van der Waals surface area contributed by atoms with Gasteiger partial charge in [-0.05, 0) is 19.0 Å². The second-order valence-corrected chi connectivity index (χ2v) is 4.63. The smallest absolute Gasteiger partial charge is 0.259 e. The Kier molecular flexibility index (Phi) is 6.36. The molecule has 1 atom stereocenters. The third kappa shape index (κ3) is 4.56. The van der Waals surface area contributed by atoms with Crippen LogP contribution in [0.2, 0.25) is 0 Å². The fourth-order valence-corrected chi connectivity index (χ4v) is 1.89. The molecule has 4 heteroatoms. The van der Waals surface area contributed by atoms with Crippen LogP contribution in [0, 0.1) is 0 Å². The molecule has 1 aromatic carbocycles. The number of rotatable bonds is 7. The molecule has 1 unspecified atom stereocenters. The zero-order chi connectivity index (χ0) is 14.3. The maximum Gasteiger partial charge on any atom is 0.259 e. The predicted molar refractivity (Wildman–Crippen MR) is 77.3 cm³/mol. The van der Waals surface area contributed by atoms with Gasteiger partial charge in [-0.2, -0.15) is 0 Å². The molecular formula is C15H24N2O2. The minimum Gasteiger partial charge on any atom is -0.483 e. The van der Waals surface area contributed by atoms with E-state index in [1.807, 2.05) is 24.3 Å². The van der Waals surface area contributed by atoms with Gasteiger partial charge >= 0.3 is 0 Å². The van der Waals surface area contributed by atoms with Crippen molar-refractivity contribution in [3.05, 3.63) is 29.8 Å². The Hall–Kier alpha value is -1.55. The van der Waals surface area contributed by atoms with Crippen LogP contribution in [0.1, 0.15) is 31.9 Å². The van der Waals surface area contributed by atoms with E-state index in [0.717, 1.165) is 24.3 Å². The third-order valence-electron chi connectivity index (χ3n) is 3.00. The summed E-state index contributed by atoms with van der Waals surface area (Å²) in [7, 11) is 3.45. The number of nitrogens with one attached hydrogen (secondary N) is 1. The maximum absolute atomic E-state index is 11.6. The van der Waals surface area contributed by atoms with Crippen LogP contribution >= 0.6 is 0 Å². The van der Waals surface area contributed by atoms with Crippen molar-refractivity contribution in [2.24, 2.45) is 0 Å². The van der Waals surface area contributed by atoms with Gasteiger partial charge in [0.25, 0.3) is 5.91 Å². The van der Waals surface area contributed by atoms with Crippen molar-refractivity contribution < 1.29 is 9.53 Å². The van der Waals surface area contributed by atoms with Crippen LogP contribution in [0.3, 0.4) is 0 Å². The molecule has 1 aromatic rings. The summed E-state index contributed by atoms with van der Waals surface area (Å²) < 4.78 is 5.66. The number of para-hydroxylation sites is 1. The summed E-state index contributed by atoms with van der Waals surface area (Å²) in [5.74, 6) is 0.747. The minimum atomic E-state index is -0.0358. The SMILES string of the molecule is CCNC(CC)c1ccccc1OCC(=O)N(C)C. The molecular weight excluding hydrogens is 240 g/mol. The zero-order valence-corrected chi connectivity index (χ0v) is 12.3. The van der Waals surface area contributed by atoms with Crippen molar-refractivity contribution in [1.82, 2.24) is 10.2 Å². The Morgan fingerprint density at radius 1 is 1.32 bits per heavy atom. The molecule has 0 aliphatic heterocycles. The number of hydrogen-bond acceptors (Lipinski definition) is 3. The van der Waals surface area contributed by atoms with Gasteiger partial charge in [0.2, 0.25) is 0 Å². The fourth-order valence-electron chi connectivity index (χ4n) is 1.89. The average molecular weight is 264 g/mol. The predicted octanol–water partition coefficient (Wildman–Crippen LogP) is 2.21. The van der Waals surface area contributed by atoms with Crippen LogP contribution in [0.25, 0.3) is 0 Å². The summed E-state index contributed by atoms with van der Waals surface area (Å²) in [5.41, 5.74) is 1.11. The number of carbonyl (C=O) groups is 1. The summed E-state index contributed by atoms with van der Waals surface area (Å²) in [4.78, 5) is 13.1. The van der Waals surface area contributed by atoms with Crippen molar-refractivity contribution >= 4 is 5.91 Å². The number of benzene rings is 1. The molecule has 1 amide bonds. The molecule has 0 aliphatic rings. The van der Waals surface area contributed by atoms with Gasteiger partial charge in [0.15, 0.2) is 6.61 Å². The van der Waals surface area contributed by atoms with Gasteiger partial charge in [0.1, 0.15) is 5.75 Å². The van der Waals surface area contributed by atoms with Gasteiger partial charge in [-0.25, -0.2) is 0 Å². The van der Waals surface area contributed by atoms with Crippen LogP contribution in [-0.4, -0.2) is 38.1 Å². The molecule has 0 saturated heterocycles. The van der Waals surface area contributed by atoms with Gasteiger partial charge in [-0.3, -0.25) is 4.79 Å². The number of ether oxygens (including phenoxy) is 1. The molecule has 1 N–H and O–H groups in total. The van der Waals surface area contributed by atoms with Crippen molar-refractivity contribution in [1.29, 1.82) is 0 Å². The standard InChI is InChI=1S/C15H24N2O2/c1-5-13(16-6-2)12-9-7-8-10-14(12)19-11-15(18)17(3)4/h7-10,13,16H,5-6,11H2,1-4H3. The molecule has 0 saturated carbocycles. The second-order valence-electron chi connectivity index (χ2n) is 4.63. The largest absolute Gasteiger partial charge is 0.483 e. The zero-order valence-electron chi connectivity index (χ0n) is 12.3. The fraction of sp³-hybridized carbons (Fsp3) is 0.533. The van der Waals surface area contributed by atoms with E-state index < -0.39 is 0 Å². The molecule has 0 radical (unpaired) electrons. The Morgan fingerprint density at radius 3 is 2.58 bits per heavy atom. The third-order valence-corrected chi connectivity index (χ3v) is 3.00. The summed E-state index contributed by atoms with van der Waals surface area (Å²) in [6, 6.07) is 8.15. The maximum atomic E-state index is 11.6. The van der Waals surface area contributed by atoms with Crippen molar-refractivity contribution in [3.8, 4) is 5.75 Å². The lowest BCUT2D eigenvalue weighted by atomic mass is 10.0. The summed E-state index contributed by atoms with van der Waals surface area (Å²) in [6.45, 7) is 5.20. The lowest BCUT2D eigenvalue weighted by Gasteiger charge is -2.20. The Bertz CT molecular complexity index is 405. The van der Waals surface area contributed by atoms with E-state index in [-0.39, 0.29) is 18.6 Å². The monoisotopic (exact) mass is 264 g/mol. The van der Waals surface area contributed by atoms with E-state index in [0.29, 0.717) is 0 Å². The molecule has 0 spiro atoms. The van der Waals surface area contributed by atoms with E-state index >= 15 is 0 Å². The molecule has 4 nitrogen and oxygen atoms in total. The van der Waals surface area contributed by atoms with Crippen molar-refractivity contribution in [3.63, 3.8) is 0 Å². The number of nitrogens with zero attached hydrogens (tertiary/aromatic N) is 1. The first-order valence-electron chi connectivity index (χ1n) is 6.75. The molecule has 0 fully saturated rings. The number of hydrogen-bond donors (Lipinski definition) is 1. The van der Waals surface area contributed by atoms with Crippen molar-refractivity contribution in [2.45, 2.75) is 26.3 Å². The normalized spacial score (nSPS) is 12.0. The first-order chi connectivity index (χ1) is 9.10. The molecule has 106 valence electrons. The molecule has 0 aromatic heterocycles. The number of amides is 1. The highest BCUT2D eigenvalue weighted by Crippen LogP contribution is 2.27. The molecule has 0 bridgehead atoms. The van der Waals surface area contributed by atoms with Gasteiger partial charge < -0.3 is 15.0 Å². The second kappa shape index (κ2) is 7.79. The lowest BCUT2D eigenvalue weighted by molar-refractivity contribution is -0.130. The Balaban J connectivity index is 2.80. The van der Waals surface area contributed by atoms with E-state index in [2.05, 4.69) is 19.2 Å². The highest BCUT2D eigenvalue weighted by molar-refractivity contribution is 5.77. The number of likely N-dealkylation sites (N-methyl/N-ethyl adjacent to an activating group) is 1. The molecule has 0 heterocycles. The summed E-state index contributed by atoms with van der Waals surface area (Å²) in [5, 5.41) is 3.42. The van der Waals surface area contributed by atoms with Crippen LogP contribution < -0.4 is 10.1 Å². The topological polar surface area (TPSA) is 41.6 Å². The van der Waals surface area contributed by atoms with E-state index in [9.17, 15) is 4.79 Å². The van der Waals surface area contributed by atoms with Crippen molar-refractivity contribution in [2.75, 3.05) is 27.2 Å². The summed E-state index contributed by atoms with van der Waals surface area (Å²) >= 11 is 0. The van der Waals surface area contributed by atoms with Crippen LogP contribution in [0.4, 0.5) is 0 Å². The van der Waals surface area contributed by atoms with E-state index in [4.69, 9.17) is 4.74 Å².